The smallest absolute Gasteiger partial charge is 0.290 e. The molecule has 0 radical (unpaired) electrons. The first-order valence-corrected chi connectivity index (χ1v) is 14.8. The van der Waals surface area contributed by atoms with Gasteiger partial charge in [-0.05, 0) is 36.1 Å². The topological polar surface area (TPSA) is 210 Å². The van der Waals surface area contributed by atoms with Crippen molar-refractivity contribution in [2.45, 2.75) is 50.8 Å². The van der Waals surface area contributed by atoms with Crippen LogP contribution in [0.15, 0.2) is 67.0 Å². The Morgan fingerprint density at radius 3 is 2.30 bits per heavy atom. The van der Waals surface area contributed by atoms with E-state index in [9.17, 15) is 15.3 Å². The Bertz CT molecular complexity index is 1690. The molecule has 0 saturated carbocycles. The lowest BCUT2D eigenvalue weighted by Crippen LogP contribution is -2.30. The summed E-state index contributed by atoms with van der Waals surface area (Å²) in [6.07, 6.45) is -1.74. The van der Waals surface area contributed by atoms with Gasteiger partial charge in [0, 0.05) is 13.1 Å². The molecule has 2 aromatic carbocycles. The van der Waals surface area contributed by atoms with Gasteiger partial charge in [-0.1, -0.05) is 60.7 Å². The number of nitrogens with zero attached hydrogens (tertiary/aromatic N) is 9. The van der Waals surface area contributed by atoms with Crippen LogP contribution < -0.4 is 10.2 Å². The zero-order valence-electron chi connectivity index (χ0n) is 25.1. The highest BCUT2D eigenvalue weighted by Crippen LogP contribution is 2.39. The van der Waals surface area contributed by atoms with E-state index < -0.39 is 24.5 Å². The summed E-state index contributed by atoms with van der Waals surface area (Å²) in [5.41, 5.74) is 3.11. The minimum absolute atomic E-state index is 0.172. The van der Waals surface area contributed by atoms with Crippen molar-refractivity contribution in [1.82, 2.24) is 39.7 Å². The molecule has 5 N–H and O–H groups in total. The molecule has 6 rings (SSSR count). The first-order valence-electron chi connectivity index (χ1n) is 14.8. The quantitative estimate of drug-likeness (QED) is 0.0966. The summed E-state index contributed by atoms with van der Waals surface area (Å²) in [6.45, 7) is 2.85. The molecule has 1 aliphatic rings. The fourth-order valence-corrected chi connectivity index (χ4v) is 5.07. The van der Waals surface area contributed by atoms with Crippen LogP contribution in [0.2, 0.25) is 0 Å². The number of hydrogen-bond acceptors (Lipinski definition) is 13. The van der Waals surface area contributed by atoms with E-state index in [1.807, 2.05) is 55.5 Å². The number of anilines is 2. The number of aliphatic hydroxyl groups is 3. The molecule has 0 amide bonds. The Morgan fingerprint density at radius 1 is 1.00 bits per heavy atom. The molecule has 5 aromatic rings. The Labute approximate surface area is 263 Å². The molecule has 0 bridgehead atoms. The highest BCUT2D eigenvalue weighted by atomic mass is 16.6. The number of fused-ring (bicyclic) bond motifs is 1. The van der Waals surface area contributed by atoms with Crippen molar-refractivity contribution in [2.75, 3.05) is 30.0 Å². The summed E-state index contributed by atoms with van der Waals surface area (Å²) in [7, 11) is 0. The lowest BCUT2D eigenvalue weighted by Gasteiger charge is -2.22. The lowest BCUT2D eigenvalue weighted by molar-refractivity contribution is -0.122. The van der Waals surface area contributed by atoms with E-state index in [1.165, 1.54) is 16.7 Å². The summed E-state index contributed by atoms with van der Waals surface area (Å²) in [5, 5.41) is 54.7. The SMILES string of the molecule is CCn1nnc([C@H]2O[C@@H](n3cnc4c(NCCc5ccccc5)nc(N(CO)CCc5ccccc5)nc43)[C@H](O)[C@@H]2O)n1.O=CO. The average Bonchev–Trinajstić information content (AvgIpc) is 3.81. The maximum absolute atomic E-state index is 11.0. The van der Waals surface area contributed by atoms with Crippen LogP contribution in [0.1, 0.15) is 36.2 Å². The number of aliphatic hydroxyl groups excluding tert-OH is 3. The van der Waals surface area contributed by atoms with Crippen LogP contribution in [0.3, 0.4) is 0 Å². The van der Waals surface area contributed by atoms with E-state index in [-0.39, 0.29) is 25.0 Å². The highest BCUT2D eigenvalue weighted by molar-refractivity contribution is 5.84. The fraction of sp³-hybridized carbons (Fsp3) is 0.367. The van der Waals surface area contributed by atoms with E-state index in [1.54, 1.807) is 9.47 Å². The molecular formula is C30H36N10O6. The molecule has 1 saturated heterocycles. The Morgan fingerprint density at radius 2 is 1.67 bits per heavy atom. The predicted molar refractivity (Wildman–Crippen MR) is 166 cm³/mol. The van der Waals surface area contributed by atoms with Gasteiger partial charge in [0.1, 0.15) is 18.9 Å². The second-order valence-electron chi connectivity index (χ2n) is 10.4. The second-order valence-corrected chi connectivity index (χ2v) is 10.4. The largest absolute Gasteiger partial charge is 0.483 e. The van der Waals surface area contributed by atoms with Gasteiger partial charge in [0.25, 0.3) is 6.47 Å². The number of hydrogen-bond donors (Lipinski definition) is 5. The number of benzene rings is 2. The highest BCUT2D eigenvalue weighted by Gasteiger charge is 2.47. The van der Waals surface area contributed by atoms with Gasteiger partial charge in [-0.2, -0.15) is 14.8 Å². The van der Waals surface area contributed by atoms with Gasteiger partial charge in [0.05, 0.1) is 12.9 Å². The number of aromatic nitrogens is 8. The van der Waals surface area contributed by atoms with E-state index in [2.05, 4.69) is 37.8 Å². The maximum Gasteiger partial charge on any atom is 0.290 e. The zero-order valence-corrected chi connectivity index (χ0v) is 25.1. The summed E-state index contributed by atoms with van der Waals surface area (Å²) in [6, 6.07) is 20.1. The van der Waals surface area contributed by atoms with E-state index in [4.69, 9.17) is 24.6 Å². The van der Waals surface area contributed by atoms with Crippen molar-refractivity contribution in [2.24, 2.45) is 0 Å². The Kier molecular flexibility index (Phi) is 10.8. The molecule has 4 heterocycles. The number of carbonyl (C=O) groups is 1. The van der Waals surface area contributed by atoms with Crippen LogP contribution >= 0.6 is 0 Å². The number of ether oxygens (including phenoxy) is 1. The molecule has 0 unspecified atom stereocenters. The second kappa shape index (κ2) is 15.3. The standard InChI is InChI=1S/C29H34N10O4.CH2O2/c1-2-39-35-26(34-36-39)24-22(41)23(42)28(43-24)38-17-31-21-25(30-15-13-19-9-5-3-6-10-19)32-29(33-27(21)38)37(18-40)16-14-20-11-7-4-8-12-20;2-1-3/h3-12,17,22-24,28,40-42H,2,13-16,18H2,1H3,(H,30,32,33);1H,(H,2,3)/t22-,23+,24-,28+;/m0./s1. The molecule has 1 aliphatic heterocycles. The van der Waals surface area contributed by atoms with Crippen LogP contribution in [-0.4, -0.2) is 98.7 Å². The fourth-order valence-electron chi connectivity index (χ4n) is 5.07. The third kappa shape index (κ3) is 7.26. The van der Waals surface area contributed by atoms with Gasteiger partial charge in [-0.3, -0.25) is 9.36 Å². The van der Waals surface area contributed by atoms with Crippen LogP contribution in [0.4, 0.5) is 11.8 Å². The first-order chi connectivity index (χ1) is 22.5. The number of aryl methyl sites for hydroxylation is 1. The average molecular weight is 633 g/mol. The van der Waals surface area contributed by atoms with Crippen LogP contribution in [0.25, 0.3) is 11.2 Å². The van der Waals surface area contributed by atoms with Gasteiger partial charge in [0.15, 0.2) is 29.3 Å². The maximum atomic E-state index is 11.0. The molecule has 242 valence electrons. The van der Waals surface area contributed by atoms with E-state index >= 15 is 0 Å². The number of imidazole rings is 1. The van der Waals surface area contributed by atoms with Crippen LogP contribution in [0.5, 0.6) is 0 Å². The molecule has 1 fully saturated rings. The number of rotatable bonds is 12. The minimum Gasteiger partial charge on any atom is -0.483 e. The number of nitrogens with one attached hydrogen (secondary N) is 1. The molecule has 16 heteroatoms. The van der Waals surface area contributed by atoms with Gasteiger partial charge >= 0.3 is 0 Å². The molecule has 0 aliphatic carbocycles. The van der Waals surface area contributed by atoms with E-state index in [0.717, 1.165) is 12.0 Å². The number of tetrazole rings is 1. The van der Waals surface area contributed by atoms with Crippen LogP contribution in [-0.2, 0) is 28.9 Å². The lowest BCUT2D eigenvalue weighted by atomic mass is 10.1. The normalized spacial score (nSPS) is 19.0. The molecule has 3 aromatic heterocycles. The predicted octanol–water partition coefficient (Wildman–Crippen LogP) is 1.18. The summed E-state index contributed by atoms with van der Waals surface area (Å²) in [4.78, 5) is 25.5. The van der Waals surface area contributed by atoms with Crippen molar-refractivity contribution in [3.8, 4) is 0 Å². The molecular weight excluding hydrogens is 596 g/mol. The number of carboxylic acid groups (broad SMARTS) is 1. The Hall–Kier alpha value is -5.03. The third-order valence-electron chi connectivity index (χ3n) is 7.44. The first kappa shape index (κ1) is 32.4. The van der Waals surface area contributed by atoms with Crippen molar-refractivity contribution in [1.29, 1.82) is 0 Å². The summed E-state index contributed by atoms with van der Waals surface area (Å²) in [5.74, 6) is 0.934. The van der Waals surface area contributed by atoms with Gasteiger partial charge in [-0.25, -0.2) is 4.98 Å². The van der Waals surface area contributed by atoms with Gasteiger partial charge in [-0.15, -0.1) is 10.2 Å². The molecule has 0 spiro atoms. The molecule has 4 atom stereocenters. The molecule has 16 nitrogen and oxygen atoms in total. The van der Waals surface area contributed by atoms with Crippen molar-refractivity contribution in [3.63, 3.8) is 0 Å². The van der Waals surface area contributed by atoms with E-state index in [0.29, 0.717) is 43.0 Å². The van der Waals surface area contributed by atoms with Crippen LogP contribution in [0, 0.1) is 0 Å². The minimum atomic E-state index is -1.32. The summed E-state index contributed by atoms with van der Waals surface area (Å²) >= 11 is 0. The van der Waals surface area contributed by atoms with Gasteiger partial charge in [0.2, 0.25) is 11.8 Å². The Balaban J connectivity index is 0.00000134. The summed E-state index contributed by atoms with van der Waals surface area (Å²) < 4.78 is 7.66. The molecule has 46 heavy (non-hydrogen) atoms. The van der Waals surface area contributed by atoms with Crippen molar-refractivity contribution < 1.29 is 30.0 Å². The van der Waals surface area contributed by atoms with Crippen molar-refractivity contribution in [3.05, 3.63) is 83.9 Å². The van der Waals surface area contributed by atoms with Crippen molar-refractivity contribution >= 4 is 29.4 Å². The monoisotopic (exact) mass is 632 g/mol. The third-order valence-corrected chi connectivity index (χ3v) is 7.44. The van der Waals surface area contributed by atoms with Gasteiger partial charge < -0.3 is 35.4 Å². The zero-order chi connectivity index (χ0) is 32.5.